The van der Waals surface area contributed by atoms with Gasteiger partial charge in [0.1, 0.15) is 0 Å². The van der Waals surface area contributed by atoms with Crippen molar-refractivity contribution in [1.82, 2.24) is 4.90 Å². The van der Waals surface area contributed by atoms with E-state index in [2.05, 4.69) is 53.4 Å². The van der Waals surface area contributed by atoms with Crippen LogP contribution in [0.2, 0.25) is 0 Å². The second-order valence-corrected chi connectivity index (χ2v) is 25.1. The van der Waals surface area contributed by atoms with Crippen molar-refractivity contribution in [3.63, 3.8) is 0 Å². The summed E-state index contributed by atoms with van der Waals surface area (Å²) in [5.74, 6) is 6.65. The van der Waals surface area contributed by atoms with Crippen LogP contribution < -0.4 is 0 Å². The Balaban J connectivity index is 1.27. The normalized spacial score (nSPS) is 28.0. The topological polar surface area (TPSA) is 20.3 Å². The molecule has 0 aromatic rings. The highest BCUT2D eigenvalue weighted by Crippen LogP contribution is 2.69. The molecule has 4 fully saturated rings. The summed E-state index contributed by atoms with van der Waals surface area (Å²) < 4.78 is 0. The van der Waals surface area contributed by atoms with Crippen molar-refractivity contribution in [2.45, 2.75) is 337 Å². The van der Waals surface area contributed by atoms with Gasteiger partial charge in [-0.2, -0.15) is 0 Å². The van der Waals surface area contributed by atoms with Crippen LogP contribution >= 0.6 is 0 Å². The fourth-order valence-electron chi connectivity index (χ4n) is 15.9. The minimum atomic E-state index is 0.309. The summed E-state index contributed by atoms with van der Waals surface area (Å²) in [6, 6.07) is 0.478. The fourth-order valence-corrected chi connectivity index (χ4v) is 15.9. The summed E-state index contributed by atoms with van der Waals surface area (Å²) >= 11 is 0. The first-order chi connectivity index (χ1) is 31.7. The standard InChI is InChI=1S/C63H119NO/c1-8-10-12-14-16-18-20-22-24-26-28-30-32-34-36-38-52-64(61(65)45-37-35-33-31-29-27-25-23-21-19-17-15-13-11-9-2)60-44-40-43-55-46-47-56-58-49-48-57(54(5)42-39-41-53(3)4)62(58,6)51-50-59(56)63(55,60)7/h53-60H,8-52H2,1-7H3/t54-,55?,56+,57-,58+,59+,60?,62-,63+/m1/s1. The summed E-state index contributed by atoms with van der Waals surface area (Å²) in [6.07, 6.45) is 61.3. The number of nitrogens with zero attached hydrogens (tertiary/aromatic N) is 1. The van der Waals surface area contributed by atoms with E-state index in [1.165, 1.54) is 270 Å². The highest BCUT2D eigenvalue weighted by atomic mass is 16.2. The largest absolute Gasteiger partial charge is 0.339 e. The van der Waals surface area contributed by atoms with E-state index in [9.17, 15) is 4.79 Å². The minimum Gasteiger partial charge on any atom is -0.339 e. The number of fused-ring (bicyclic) bond motifs is 5. The molecule has 4 saturated carbocycles. The van der Waals surface area contributed by atoms with Crippen molar-refractivity contribution in [2.24, 2.45) is 52.3 Å². The maximum Gasteiger partial charge on any atom is 0.222 e. The van der Waals surface area contributed by atoms with Crippen LogP contribution in [-0.2, 0) is 4.79 Å². The second-order valence-electron chi connectivity index (χ2n) is 25.1. The van der Waals surface area contributed by atoms with Crippen LogP contribution in [0.3, 0.4) is 0 Å². The van der Waals surface area contributed by atoms with Crippen molar-refractivity contribution in [3.05, 3.63) is 0 Å². The van der Waals surface area contributed by atoms with Gasteiger partial charge in [0, 0.05) is 19.0 Å². The monoisotopic (exact) mass is 906 g/mol. The Morgan fingerprint density at radius 2 is 0.969 bits per heavy atom. The number of amides is 1. The molecular weight excluding hydrogens is 787 g/mol. The SMILES string of the molecule is CCCCCCCCCCCCCCCCCCN(C(=O)CCCCCCCCCCCCCCCCC)C1CCCC2CC[C@@H]3[C@H](CC[C@]4(C)[C@@H]([C@H](C)CCCC(C)C)CC[C@@H]34)[C@]21C. The molecule has 0 bridgehead atoms. The van der Waals surface area contributed by atoms with E-state index in [1.54, 1.807) is 0 Å². The molecule has 0 aromatic carbocycles. The molecule has 0 saturated heterocycles. The lowest BCUT2D eigenvalue weighted by Crippen LogP contribution is -2.62. The molecule has 0 spiro atoms. The van der Waals surface area contributed by atoms with Crippen LogP contribution in [0.5, 0.6) is 0 Å². The Morgan fingerprint density at radius 3 is 1.46 bits per heavy atom. The number of unbranched alkanes of at least 4 members (excludes halogenated alkanes) is 29. The summed E-state index contributed by atoms with van der Waals surface area (Å²) in [7, 11) is 0. The first kappa shape index (κ1) is 57.1. The van der Waals surface area contributed by atoms with Gasteiger partial charge in [0.2, 0.25) is 5.91 Å². The van der Waals surface area contributed by atoms with Crippen LogP contribution in [0.25, 0.3) is 0 Å². The molecule has 9 atom stereocenters. The molecule has 0 aromatic heterocycles. The lowest BCUT2D eigenvalue weighted by Gasteiger charge is -2.64. The molecular formula is C63H119NO. The van der Waals surface area contributed by atoms with Crippen LogP contribution in [0.15, 0.2) is 0 Å². The van der Waals surface area contributed by atoms with Crippen molar-refractivity contribution in [3.8, 4) is 0 Å². The van der Waals surface area contributed by atoms with Crippen LogP contribution in [0.4, 0.5) is 0 Å². The van der Waals surface area contributed by atoms with E-state index in [0.29, 0.717) is 22.8 Å². The van der Waals surface area contributed by atoms with Crippen molar-refractivity contribution < 1.29 is 4.79 Å². The molecule has 0 radical (unpaired) electrons. The van der Waals surface area contributed by atoms with Gasteiger partial charge in [-0.05, 0) is 116 Å². The van der Waals surface area contributed by atoms with Gasteiger partial charge < -0.3 is 4.90 Å². The lowest BCUT2D eigenvalue weighted by molar-refractivity contribution is -0.163. The third-order valence-electron chi connectivity index (χ3n) is 19.9. The lowest BCUT2D eigenvalue weighted by atomic mass is 9.43. The predicted molar refractivity (Wildman–Crippen MR) is 288 cm³/mol. The Kier molecular flexibility index (Phi) is 29.1. The van der Waals surface area contributed by atoms with E-state index < -0.39 is 0 Å². The van der Waals surface area contributed by atoms with E-state index in [1.807, 2.05) is 0 Å². The molecule has 4 rings (SSSR count). The Labute approximate surface area is 409 Å². The zero-order chi connectivity index (χ0) is 46.6. The van der Waals surface area contributed by atoms with Gasteiger partial charge >= 0.3 is 0 Å². The Hall–Kier alpha value is -0.530. The van der Waals surface area contributed by atoms with Gasteiger partial charge in [-0.15, -0.1) is 0 Å². The van der Waals surface area contributed by atoms with Crippen LogP contribution in [0, 0.1) is 52.3 Å². The highest BCUT2D eigenvalue weighted by Gasteiger charge is 2.63. The van der Waals surface area contributed by atoms with Gasteiger partial charge in [0.05, 0.1) is 0 Å². The zero-order valence-corrected chi connectivity index (χ0v) is 45.8. The van der Waals surface area contributed by atoms with Gasteiger partial charge in [-0.3, -0.25) is 4.79 Å². The number of hydrogen-bond donors (Lipinski definition) is 0. The van der Waals surface area contributed by atoms with Crippen LogP contribution in [0.1, 0.15) is 331 Å². The minimum absolute atomic E-state index is 0.309. The molecule has 2 heteroatoms. The average Bonchev–Trinajstić information content (AvgIpc) is 3.66. The quantitative estimate of drug-likeness (QED) is 0.0563. The average molecular weight is 907 g/mol. The summed E-state index contributed by atoms with van der Waals surface area (Å²) in [5.41, 5.74) is 0.853. The first-order valence-corrected chi connectivity index (χ1v) is 31.0. The van der Waals surface area contributed by atoms with E-state index in [0.717, 1.165) is 60.8 Å². The van der Waals surface area contributed by atoms with Gasteiger partial charge in [0.25, 0.3) is 0 Å². The maximum absolute atomic E-state index is 14.8. The summed E-state index contributed by atoms with van der Waals surface area (Å²) in [4.78, 5) is 17.4. The third kappa shape index (κ3) is 19.0. The number of carbonyl (C=O) groups is 1. The van der Waals surface area contributed by atoms with Gasteiger partial charge in [0.15, 0.2) is 0 Å². The zero-order valence-electron chi connectivity index (χ0n) is 45.8. The van der Waals surface area contributed by atoms with E-state index in [-0.39, 0.29) is 0 Å². The highest BCUT2D eigenvalue weighted by molar-refractivity contribution is 5.76. The van der Waals surface area contributed by atoms with E-state index >= 15 is 0 Å². The second kappa shape index (κ2) is 33.1. The molecule has 0 N–H and O–H groups in total. The smallest absolute Gasteiger partial charge is 0.222 e. The van der Waals surface area contributed by atoms with Crippen molar-refractivity contribution in [1.29, 1.82) is 0 Å². The Bertz CT molecular complexity index is 1180. The van der Waals surface area contributed by atoms with Crippen molar-refractivity contribution >= 4 is 5.91 Å². The third-order valence-corrected chi connectivity index (χ3v) is 19.9. The molecule has 0 heterocycles. The molecule has 382 valence electrons. The van der Waals surface area contributed by atoms with Crippen LogP contribution in [-0.4, -0.2) is 23.4 Å². The molecule has 65 heavy (non-hydrogen) atoms. The number of hydrogen-bond acceptors (Lipinski definition) is 1. The summed E-state index contributed by atoms with van der Waals surface area (Å²) in [6.45, 7) is 18.7. The molecule has 2 nitrogen and oxygen atoms in total. The number of rotatable bonds is 39. The fraction of sp³-hybridized carbons (Fsp3) is 0.984. The molecule has 4 aliphatic rings. The molecule has 1 amide bonds. The predicted octanol–water partition coefficient (Wildman–Crippen LogP) is 20.8. The van der Waals surface area contributed by atoms with Gasteiger partial charge in [-0.25, -0.2) is 0 Å². The maximum atomic E-state index is 14.8. The van der Waals surface area contributed by atoms with Crippen molar-refractivity contribution in [2.75, 3.05) is 6.54 Å². The molecule has 2 unspecified atom stereocenters. The first-order valence-electron chi connectivity index (χ1n) is 31.0. The molecule has 0 aliphatic heterocycles. The Morgan fingerprint density at radius 1 is 0.492 bits per heavy atom. The van der Waals surface area contributed by atoms with Gasteiger partial charge in [-0.1, -0.05) is 260 Å². The number of carbonyl (C=O) groups excluding carboxylic acids is 1. The molecule has 4 aliphatic carbocycles. The summed E-state index contributed by atoms with van der Waals surface area (Å²) in [5, 5.41) is 0. The van der Waals surface area contributed by atoms with E-state index in [4.69, 9.17) is 0 Å².